The third-order valence-electron chi connectivity index (χ3n) is 1.74. The Morgan fingerprint density at radius 2 is 2.12 bits per heavy atom. The largest absolute Gasteiger partial charge is 0.354 e. The van der Waals surface area contributed by atoms with Gasteiger partial charge in [-0.3, -0.25) is 0 Å². The van der Waals surface area contributed by atoms with Crippen molar-refractivity contribution in [2.45, 2.75) is 20.3 Å². The third kappa shape index (κ3) is 3.21. The van der Waals surface area contributed by atoms with Gasteiger partial charge in [0.15, 0.2) is 6.19 Å². The van der Waals surface area contributed by atoms with Crippen LogP contribution in [0.25, 0.3) is 0 Å². The Labute approximate surface area is 99.3 Å². The van der Waals surface area contributed by atoms with E-state index in [1.165, 1.54) is 4.90 Å². The number of nitriles is 1. The lowest BCUT2D eigenvalue weighted by Crippen LogP contribution is -2.21. The van der Waals surface area contributed by atoms with E-state index < -0.39 is 0 Å². The van der Waals surface area contributed by atoms with Gasteiger partial charge in [0.05, 0.1) is 0 Å². The smallest absolute Gasteiger partial charge is 0.244 e. The van der Waals surface area contributed by atoms with Crippen LogP contribution < -0.4 is 10.2 Å². The van der Waals surface area contributed by atoms with Crippen LogP contribution in [0.5, 0.6) is 0 Å². The van der Waals surface area contributed by atoms with Gasteiger partial charge in [-0.1, -0.05) is 6.92 Å². The second kappa shape index (κ2) is 6.08. The molecule has 7 heteroatoms. The lowest BCUT2D eigenvalue weighted by Gasteiger charge is -2.12. The molecule has 0 aromatic carbocycles. The molecule has 0 saturated carbocycles. The molecule has 0 aliphatic heterocycles. The van der Waals surface area contributed by atoms with Crippen LogP contribution in [0.15, 0.2) is 0 Å². The second-order valence-electron chi connectivity index (χ2n) is 3.01. The standard InChI is InChI=1S/C9H13ClN6/c1-3-5-16(6-11)9-14-7(10)13-8(15-9)12-4-2/h3-5H2,1-2H3,(H,12,13,14,15). The van der Waals surface area contributed by atoms with Gasteiger partial charge >= 0.3 is 0 Å². The summed E-state index contributed by atoms with van der Waals surface area (Å²) in [5.74, 6) is 0.661. The zero-order chi connectivity index (χ0) is 12.0. The molecule has 86 valence electrons. The van der Waals surface area contributed by atoms with Crippen LogP contribution in [-0.4, -0.2) is 28.0 Å². The molecule has 0 fully saturated rings. The number of halogens is 1. The molecule has 0 amide bonds. The average molecular weight is 241 g/mol. The maximum Gasteiger partial charge on any atom is 0.244 e. The minimum Gasteiger partial charge on any atom is -0.354 e. The first-order valence-corrected chi connectivity index (χ1v) is 5.41. The van der Waals surface area contributed by atoms with Gasteiger partial charge in [0.2, 0.25) is 17.2 Å². The number of nitrogens with zero attached hydrogens (tertiary/aromatic N) is 5. The maximum atomic E-state index is 8.93. The van der Waals surface area contributed by atoms with Crippen molar-refractivity contribution in [3.63, 3.8) is 0 Å². The van der Waals surface area contributed by atoms with Crippen molar-refractivity contribution in [2.24, 2.45) is 0 Å². The Kier molecular flexibility index (Phi) is 4.73. The van der Waals surface area contributed by atoms with Gasteiger partial charge in [-0.15, -0.1) is 0 Å². The fourth-order valence-corrected chi connectivity index (χ4v) is 1.27. The van der Waals surface area contributed by atoms with Gasteiger partial charge in [0, 0.05) is 13.1 Å². The van der Waals surface area contributed by atoms with E-state index in [1.54, 1.807) is 0 Å². The summed E-state index contributed by atoms with van der Waals surface area (Å²) < 4.78 is 0. The van der Waals surface area contributed by atoms with Gasteiger partial charge < -0.3 is 5.32 Å². The van der Waals surface area contributed by atoms with Crippen molar-refractivity contribution in [1.82, 2.24) is 15.0 Å². The molecule has 0 aliphatic carbocycles. The van der Waals surface area contributed by atoms with Crippen molar-refractivity contribution < 1.29 is 0 Å². The summed E-state index contributed by atoms with van der Waals surface area (Å²) in [7, 11) is 0. The summed E-state index contributed by atoms with van der Waals surface area (Å²) in [6, 6.07) is 0. The molecule has 0 unspecified atom stereocenters. The minimum atomic E-state index is 0.0808. The van der Waals surface area contributed by atoms with E-state index in [9.17, 15) is 0 Å². The molecule has 1 aromatic rings. The summed E-state index contributed by atoms with van der Waals surface area (Å²) in [5.41, 5.74) is 0. The van der Waals surface area contributed by atoms with Crippen LogP contribution in [-0.2, 0) is 0 Å². The monoisotopic (exact) mass is 240 g/mol. The summed E-state index contributed by atoms with van der Waals surface area (Å²) in [4.78, 5) is 13.3. The van der Waals surface area contributed by atoms with E-state index in [2.05, 4.69) is 20.3 Å². The van der Waals surface area contributed by atoms with Crippen molar-refractivity contribution in [3.05, 3.63) is 5.28 Å². The first-order chi connectivity index (χ1) is 7.71. The highest BCUT2D eigenvalue weighted by molar-refractivity contribution is 6.28. The van der Waals surface area contributed by atoms with E-state index in [4.69, 9.17) is 16.9 Å². The molecule has 1 heterocycles. The van der Waals surface area contributed by atoms with E-state index in [1.807, 2.05) is 20.0 Å². The molecule has 0 saturated heterocycles. The summed E-state index contributed by atoms with van der Waals surface area (Å²) >= 11 is 5.75. The average Bonchev–Trinajstić information content (AvgIpc) is 2.25. The van der Waals surface area contributed by atoms with Gasteiger partial charge in [-0.2, -0.15) is 20.2 Å². The van der Waals surface area contributed by atoms with Crippen LogP contribution in [0.4, 0.5) is 11.9 Å². The Morgan fingerprint density at radius 1 is 1.38 bits per heavy atom. The number of anilines is 2. The molecular formula is C9H13ClN6. The van der Waals surface area contributed by atoms with Crippen LogP contribution in [0.1, 0.15) is 20.3 Å². The molecule has 1 aromatic heterocycles. The number of hydrogen-bond acceptors (Lipinski definition) is 6. The van der Waals surface area contributed by atoms with E-state index in [0.29, 0.717) is 19.0 Å². The lowest BCUT2D eigenvalue weighted by atomic mass is 10.4. The highest BCUT2D eigenvalue weighted by atomic mass is 35.5. The van der Waals surface area contributed by atoms with Crippen molar-refractivity contribution in [2.75, 3.05) is 23.3 Å². The van der Waals surface area contributed by atoms with E-state index >= 15 is 0 Å². The minimum absolute atomic E-state index is 0.0808. The second-order valence-corrected chi connectivity index (χ2v) is 3.35. The molecule has 0 aliphatic rings. The van der Waals surface area contributed by atoms with E-state index in [0.717, 1.165) is 6.42 Å². The summed E-state index contributed by atoms with van der Waals surface area (Å²) in [6.07, 6.45) is 2.84. The fraction of sp³-hybridized carbons (Fsp3) is 0.556. The Morgan fingerprint density at radius 3 is 2.69 bits per heavy atom. The Balaban J connectivity index is 2.98. The van der Waals surface area contributed by atoms with Crippen molar-refractivity contribution in [3.8, 4) is 6.19 Å². The first-order valence-electron chi connectivity index (χ1n) is 5.04. The third-order valence-corrected chi connectivity index (χ3v) is 1.91. The maximum absolute atomic E-state index is 8.93. The Bertz CT molecular complexity index is 388. The molecule has 1 rings (SSSR count). The molecule has 1 N–H and O–H groups in total. The SMILES string of the molecule is CCCN(C#N)c1nc(Cl)nc(NCC)n1. The van der Waals surface area contributed by atoms with Crippen LogP contribution in [0, 0.1) is 11.5 Å². The lowest BCUT2D eigenvalue weighted by molar-refractivity contribution is 0.845. The highest BCUT2D eigenvalue weighted by Gasteiger charge is 2.11. The van der Waals surface area contributed by atoms with Gasteiger partial charge in [-0.05, 0) is 24.9 Å². The van der Waals surface area contributed by atoms with E-state index in [-0.39, 0.29) is 11.2 Å². The first kappa shape index (κ1) is 12.5. The quantitative estimate of drug-likeness (QED) is 0.623. The molecule has 0 bridgehead atoms. The van der Waals surface area contributed by atoms with Crippen LogP contribution in [0.2, 0.25) is 5.28 Å². The molecule has 6 nitrogen and oxygen atoms in total. The molecular weight excluding hydrogens is 228 g/mol. The normalized spacial score (nSPS) is 9.62. The predicted molar refractivity (Wildman–Crippen MR) is 62.3 cm³/mol. The molecule has 0 atom stereocenters. The summed E-state index contributed by atoms with van der Waals surface area (Å²) in [5, 5.41) is 11.9. The number of aromatic nitrogens is 3. The number of rotatable bonds is 5. The fourth-order valence-electron chi connectivity index (χ4n) is 1.12. The zero-order valence-electron chi connectivity index (χ0n) is 9.24. The predicted octanol–water partition coefficient (Wildman–Crippen LogP) is 1.65. The highest BCUT2D eigenvalue weighted by Crippen LogP contribution is 2.13. The van der Waals surface area contributed by atoms with Gasteiger partial charge in [0.25, 0.3) is 0 Å². The van der Waals surface area contributed by atoms with Gasteiger partial charge in [-0.25, -0.2) is 4.90 Å². The Hall–Kier alpha value is -1.61. The number of hydrogen-bond donors (Lipinski definition) is 1. The molecule has 0 spiro atoms. The van der Waals surface area contributed by atoms with Crippen LogP contribution >= 0.6 is 11.6 Å². The van der Waals surface area contributed by atoms with Gasteiger partial charge in [0.1, 0.15) is 0 Å². The van der Waals surface area contributed by atoms with Crippen molar-refractivity contribution >= 4 is 23.5 Å². The number of nitrogens with one attached hydrogen (secondary N) is 1. The molecule has 16 heavy (non-hydrogen) atoms. The summed E-state index contributed by atoms with van der Waals surface area (Å²) in [6.45, 7) is 5.13. The van der Waals surface area contributed by atoms with Crippen molar-refractivity contribution in [1.29, 1.82) is 5.26 Å². The van der Waals surface area contributed by atoms with Crippen LogP contribution in [0.3, 0.4) is 0 Å². The topological polar surface area (TPSA) is 77.7 Å². The zero-order valence-corrected chi connectivity index (χ0v) is 9.99. The molecule has 0 radical (unpaired) electrons.